The van der Waals surface area contributed by atoms with Crippen molar-refractivity contribution in [3.8, 4) is 0 Å². The Morgan fingerprint density at radius 3 is 3.13 bits per heavy atom. The van der Waals surface area contributed by atoms with Crippen molar-refractivity contribution in [1.82, 2.24) is 9.55 Å². The highest BCUT2D eigenvalue weighted by Crippen LogP contribution is 2.31. The fraction of sp³-hybridized carbons (Fsp3) is 0.417. The van der Waals surface area contributed by atoms with Gasteiger partial charge >= 0.3 is 0 Å². The fourth-order valence-electron chi connectivity index (χ4n) is 1.94. The lowest BCUT2D eigenvalue weighted by molar-refractivity contribution is 0.643. The van der Waals surface area contributed by atoms with Gasteiger partial charge in [-0.1, -0.05) is 0 Å². The maximum atomic E-state index is 4.49. The Bertz CT molecular complexity index is 483. The van der Waals surface area contributed by atoms with Gasteiger partial charge in [-0.15, -0.1) is 0 Å². The zero-order valence-electron chi connectivity index (χ0n) is 8.90. The van der Waals surface area contributed by atoms with Crippen molar-refractivity contribution < 1.29 is 0 Å². The van der Waals surface area contributed by atoms with Gasteiger partial charge in [-0.3, -0.25) is 0 Å². The molecule has 3 nitrogen and oxygen atoms in total. The summed E-state index contributed by atoms with van der Waals surface area (Å²) in [4.78, 5) is 4.49. The van der Waals surface area contributed by atoms with Crippen LogP contribution in [0.5, 0.6) is 0 Å². The van der Waals surface area contributed by atoms with E-state index in [1.54, 1.807) is 0 Å². The first kappa shape index (κ1) is 8.77. The monoisotopic (exact) mass is 201 g/mol. The third kappa shape index (κ3) is 1.58. The minimum atomic E-state index is 0.895. The van der Waals surface area contributed by atoms with Gasteiger partial charge in [0, 0.05) is 25.2 Å². The molecule has 0 radical (unpaired) electrons. The Morgan fingerprint density at radius 2 is 2.40 bits per heavy atom. The second kappa shape index (κ2) is 3.26. The molecule has 0 atom stereocenters. The molecule has 3 heteroatoms. The van der Waals surface area contributed by atoms with Crippen molar-refractivity contribution in [1.29, 1.82) is 0 Å². The maximum absolute atomic E-state index is 4.49. The smallest absolute Gasteiger partial charge is 0.139 e. The SMILES string of the molecule is CNc1cnc2c(ccn2CC2CC2)c1. The molecule has 1 saturated carbocycles. The van der Waals surface area contributed by atoms with Crippen molar-refractivity contribution in [3.63, 3.8) is 0 Å². The van der Waals surface area contributed by atoms with E-state index >= 15 is 0 Å². The van der Waals surface area contributed by atoms with Gasteiger partial charge in [0.05, 0.1) is 11.9 Å². The summed E-state index contributed by atoms with van der Waals surface area (Å²) in [5.74, 6) is 0.895. The first-order valence-electron chi connectivity index (χ1n) is 5.49. The van der Waals surface area contributed by atoms with E-state index in [2.05, 4.69) is 33.2 Å². The van der Waals surface area contributed by atoms with Crippen LogP contribution in [0.25, 0.3) is 11.0 Å². The van der Waals surface area contributed by atoms with Gasteiger partial charge in [-0.2, -0.15) is 0 Å². The lowest BCUT2D eigenvalue weighted by Crippen LogP contribution is -1.99. The van der Waals surface area contributed by atoms with Gasteiger partial charge in [0.2, 0.25) is 0 Å². The van der Waals surface area contributed by atoms with Crippen LogP contribution < -0.4 is 5.32 Å². The number of pyridine rings is 1. The molecule has 0 aliphatic heterocycles. The molecular weight excluding hydrogens is 186 g/mol. The Balaban J connectivity index is 2.01. The van der Waals surface area contributed by atoms with Crippen molar-refractivity contribution in [2.45, 2.75) is 19.4 Å². The Morgan fingerprint density at radius 1 is 1.53 bits per heavy atom. The Hall–Kier alpha value is -1.51. The fourth-order valence-corrected chi connectivity index (χ4v) is 1.94. The number of nitrogens with zero attached hydrogens (tertiary/aromatic N) is 2. The molecule has 2 aromatic rings. The van der Waals surface area contributed by atoms with Gasteiger partial charge in [0.1, 0.15) is 5.65 Å². The molecule has 1 aliphatic carbocycles. The number of hydrogen-bond donors (Lipinski definition) is 1. The molecule has 1 aliphatic rings. The molecule has 0 unspecified atom stereocenters. The highest BCUT2D eigenvalue weighted by Gasteiger charge is 2.22. The summed E-state index contributed by atoms with van der Waals surface area (Å²) < 4.78 is 2.27. The summed E-state index contributed by atoms with van der Waals surface area (Å²) in [6.45, 7) is 1.13. The van der Waals surface area contributed by atoms with Crippen LogP contribution >= 0.6 is 0 Å². The normalized spacial score (nSPS) is 15.8. The van der Waals surface area contributed by atoms with Crippen LogP contribution in [0.15, 0.2) is 24.5 Å². The zero-order chi connectivity index (χ0) is 10.3. The van der Waals surface area contributed by atoms with Crippen LogP contribution in [-0.2, 0) is 6.54 Å². The number of hydrogen-bond acceptors (Lipinski definition) is 2. The van der Waals surface area contributed by atoms with Gasteiger partial charge in [-0.05, 0) is 30.9 Å². The lowest BCUT2D eigenvalue weighted by Gasteiger charge is -2.03. The first-order valence-corrected chi connectivity index (χ1v) is 5.49. The van der Waals surface area contributed by atoms with Crippen LogP contribution in [0.3, 0.4) is 0 Å². The Labute approximate surface area is 89.1 Å². The molecule has 15 heavy (non-hydrogen) atoms. The molecule has 0 aromatic carbocycles. The Kier molecular flexibility index (Phi) is 1.91. The quantitative estimate of drug-likeness (QED) is 0.826. The highest BCUT2D eigenvalue weighted by atomic mass is 15.0. The van der Waals surface area contributed by atoms with E-state index in [1.807, 2.05) is 13.2 Å². The minimum absolute atomic E-state index is 0.895. The summed E-state index contributed by atoms with van der Waals surface area (Å²) >= 11 is 0. The van der Waals surface area contributed by atoms with E-state index in [9.17, 15) is 0 Å². The zero-order valence-corrected chi connectivity index (χ0v) is 8.90. The van der Waals surface area contributed by atoms with Crippen molar-refractivity contribution in [3.05, 3.63) is 24.5 Å². The third-order valence-electron chi connectivity index (χ3n) is 3.04. The van der Waals surface area contributed by atoms with E-state index in [0.717, 1.165) is 23.8 Å². The van der Waals surface area contributed by atoms with Crippen molar-refractivity contribution >= 4 is 16.7 Å². The number of rotatable bonds is 3. The van der Waals surface area contributed by atoms with Gasteiger partial charge in [0.25, 0.3) is 0 Å². The number of nitrogens with one attached hydrogen (secondary N) is 1. The van der Waals surface area contributed by atoms with Gasteiger partial charge < -0.3 is 9.88 Å². The minimum Gasteiger partial charge on any atom is -0.387 e. The van der Waals surface area contributed by atoms with Crippen LogP contribution in [0.2, 0.25) is 0 Å². The molecule has 0 bridgehead atoms. The molecule has 2 heterocycles. The standard InChI is InChI=1S/C12H15N3/c1-13-11-6-10-4-5-15(8-9-2-3-9)12(10)14-7-11/h4-7,9,13H,2-3,8H2,1H3. The maximum Gasteiger partial charge on any atom is 0.139 e. The van der Waals surface area contributed by atoms with Crippen LogP contribution in [0.1, 0.15) is 12.8 Å². The predicted molar refractivity (Wildman–Crippen MR) is 62.0 cm³/mol. The molecule has 1 N–H and O–H groups in total. The van der Waals surface area contributed by atoms with E-state index < -0.39 is 0 Å². The molecule has 1 fully saturated rings. The number of aromatic nitrogens is 2. The van der Waals surface area contributed by atoms with E-state index in [4.69, 9.17) is 0 Å². The van der Waals surface area contributed by atoms with E-state index in [0.29, 0.717) is 0 Å². The summed E-state index contributed by atoms with van der Waals surface area (Å²) in [7, 11) is 1.92. The van der Waals surface area contributed by atoms with E-state index in [-0.39, 0.29) is 0 Å². The molecule has 0 saturated heterocycles. The summed E-state index contributed by atoms with van der Waals surface area (Å²) in [6.07, 6.45) is 6.81. The molecule has 2 aromatic heterocycles. The van der Waals surface area contributed by atoms with Crippen LogP contribution in [0.4, 0.5) is 5.69 Å². The molecule has 0 spiro atoms. The highest BCUT2D eigenvalue weighted by molar-refractivity contribution is 5.79. The van der Waals surface area contributed by atoms with Crippen molar-refractivity contribution in [2.75, 3.05) is 12.4 Å². The van der Waals surface area contributed by atoms with E-state index in [1.165, 1.54) is 18.2 Å². The average Bonchev–Trinajstić information content (AvgIpc) is 2.99. The first-order chi connectivity index (χ1) is 7.36. The van der Waals surface area contributed by atoms with Crippen molar-refractivity contribution in [2.24, 2.45) is 5.92 Å². The molecule has 78 valence electrons. The molecule has 0 amide bonds. The predicted octanol–water partition coefficient (Wildman–Crippen LogP) is 2.49. The third-order valence-corrected chi connectivity index (χ3v) is 3.04. The number of anilines is 1. The lowest BCUT2D eigenvalue weighted by atomic mass is 10.3. The number of fused-ring (bicyclic) bond motifs is 1. The second-order valence-corrected chi connectivity index (χ2v) is 4.30. The summed E-state index contributed by atoms with van der Waals surface area (Å²) in [5, 5.41) is 4.33. The van der Waals surface area contributed by atoms with Gasteiger partial charge in [-0.25, -0.2) is 4.98 Å². The molecule has 3 rings (SSSR count). The summed E-state index contributed by atoms with van der Waals surface area (Å²) in [5.41, 5.74) is 2.19. The molecular formula is C12H15N3. The van der Waals surface area contributed by atoms with Crippen LogP contribution in [-0.4, -0.2) is 16.6 Å². The average molecular weight is 201 g/mol. The van der Waals surface area contributed by atoms with Crippen LogP contribution in [0, 0.1) is 5.92 Å². The van der Waals surface area contributed by atoms with Gasteiger partial charge in [0.15, 0.2) is 0 Å². The topological polar surface area (TPSA) is 29.9 Å². The second-order valence-electron chi connectivity index (χ2n) is 4.30. The largest absolute Gasteiger partial charge is 0.387 e. The summed E-state index contributed by atoms with van der Waals surface area (Å²) in [6, 6.07) is 4.29.